The molecule has 0 aliphatic rings. The summed E-state index contributed by atoms with van der Waals surface area (Å²) >= 11 is 2.49. The first-order chi connectivity index (χ1) is 12.0. The van der Waals surface area contributed by atoms with Crippen LogP contribution < -0.4 is 20.6 Å². The van der Waals surface area contributed by atoms with Crippen LogP contribution in [0.3, 0.4) is 0 Å². The van der Waals surface area contributed by atoms with Crippen LogP contribution in [0.25, 0.3) is 0 Å². The number of nitrogens with two attached hydrogens (primary N) is 1. The first-order valence-electron chi connectivity index (χ1n) is 7.36. The maximum absolute atomic E-state index is 11.7. The second-order valence-corrected chi connectivity index (χ2v) is 7.30. The maximum Gasteiger partial charge on any atom is 0.250 e. The van der Waals surface area contributed by atoms with Crippen molar-refractivity contribution < 1.29 is 14.3 Å². The number of hydrogen-bond donors (Lipinski definition) is 2. The third kappa shape index (κ3) is 6.24. The molecule has 0 bridgehead atoms. The predicted molar refractivity (Wildman–Crippen MR) is 99.5 cm³/mol. The lowest BCUT2D eigenvalue weighted by molar-refractivity contribution is -0.118. The van der Waals surface area contributed by atoms with Crippen LogP contribution in [0.2, 0.25) is 0 Å². The molecule has 3 N–H and O–H groups in total. The molecule has 1 heterocycles. The zero-order chi connectivity index (χ0) is 18.2. The van der Waals surface area contributed by atoms with E-state index in [4.69, 9.17) is 15.2 Å². The lowest BCUT2D eigenvalue weighted by atomic mass is 10.2. The summed E-state index contributed by atoms with van der Waals surface area (Å²) in [6.07, 6.45) is 1.58. The normalized spacial score (nSPS) is 11.0. The van der Waals surface area contributed by atoms with E-state index < -0.39 is 0 Å². The van der Waals surface area contributed by atoms with Gasteiger partial charge in [0.15, 0.2) is 15.8 Å². The maximum atomic E-state index is 11.7. The van der Waals surface area contributed by atoms with Crippen LogP contribution in [0.4, 0.5) is 5.13 Å². The molecule has 0 fully saturated rings. The number of hydrazone groups is 1. The number of carbonyl (C=O) groups excluding carboxylic acids is 1. The lowest BCUT2D eigenvalue weighted by Crippen LogP contribution is -2.19. The third-order valence-electron chi connectivity index (χ3n) is 2.70. The minimum atomic E-state index is -0.248. The third-order valence-corrected chi connectivity index (χ3v) is 4.59. The van der Waals surface area contributed by atoms with Crippen molar-refractivity contribution in [2.75, 3.05) is 18.6 Å². The monoisotopic (exact) mass is 381 g/mol. The highest BCUT2D eigenvalue weighted by Gasteiger charge is 2.08. The van der Waals surface area contributed by atoms with E-state index in [1.54, 1.807) is 19.2 Å². The molecular formula is C15H19N5O3S2. The van der Waals surface area contributed by atoms with Gasteiger partial charge in [-0.1, -0.05) is 23.1 Å². The fraction of sp³-hybridized carbons (Fsp3) is 0.333. The number of amides is 1. The fourth-order valence-electron chi connectivity index (χ4n) is 1.73. The number of thioether (sulfide) groups is 1. The number of benzene rings is 1. The van der Waals surface area contributed by atoms with Crippen molar-refractivity contribution in [1.29, 1.82) is 0 Å². The van der Waals surface area contributed by atoms with Gasteiger partial charge in [-0.05, 0) is 37.6 Å². The van der Waals surface area contributed by atoms with E-state index in [-0.39, 0.29) is 17.8 Å². The molecule has 8 nitrogen and oxygen atoms in total. The highest BCUT2D eigenvalue weighted by Crippen LogP contribution is 2.28. The summed E-state index contributed by atoms with van der Waals surface area (Å²) < 4.78 is 11.6. The van der Waals surface area contributed by atoms with Crippen LogP contribution >= 0.6 is 23.1 Å². The van der Waals surface area contributed by atoms with Crippen LogP contribution in [0, 0.1) is 0 Å². The Morgan fingerprint density at radius 2 is 2.24 bits per heavy atom. The van der Waals surface area contributed by atoms with E-state index in [2.05, 4.69) is 20.7 Å². The fourth-order valence-corrected chi connectivity index (χ4v) is 3.16. The van der Waals surface area contributed by atoms with Crippen molar-refractivity contribution in [3.63, 3.8) is 0 Å². The predicted octanol–water partition coefficient (Wildman–Crippen LogP) is 2.16. The van der Waals surface area contributed by atoms with Gasteiger partial charge in [0.2, 0.25) is 5.13 Å². The number of rotatable bonds is 8. The van der Waals surface area contributed by atoms with Crippen molar-refractivity contribution in [1.82, 2.24) is 15.6 Å². The van der Waals surface area contributed by atoms with Crippen LogP contribution in [0.1, 0.15) is 19.4 Å². The molecule has 2 aromatic rings. The molecule has 0 atom stereocenters. The topological polar surface area (TPSA) is 112 Å². The van der Waals surface area contributed by atoms with Gasteiger partial charge in [-0.2, -0.15) is 5.10 Å². The van der Waals surface area contributed by atoms with E-state index in [9.17, 15) is 4.79 Å². The molecule has 10 heteroatoms. The Balaban J connectivity index is 1.87. The quantitative estimate of drug-likeness (QED) is 0.409. The van der Waals surface area contributed by atoms with Crippen LogP contribution in [-0.4, -0.2) is 41.3 Å². The number of methoxy groups -OCH3 is 1. The number of carbonyl (C=O) groups is 1. The second kappa shape index (κ2) is 9.23. The highest BCUT2D eigenvalue weighted by molar-refractivity contribution is 8.01. The number of hydrogen-bond acceptors (Lipinski definition) is 9. The summed E-state index contributed by atoms with van der Waals surface area (Å²) in [7, 11) is 1.57. The van der Waals surface area contributed by atoms with E-state index in [0.29, 0.717) is 21.0 Å². The summed E-state index contributed by atoms with van der Waals surface area (Å²) in [5.41, 5.74) is 8.71. The molecule has 0 aliphatic heterocycles. The number of ether oxygens (including phenoxy) is 2. The van der Waals surface area contributed by atoms with Gasteiger partial charge in [0.25, 0.3) is 5.91 Å². The van der Waals surface area contributed by atoms with Crippen LogP contribution in [0.15, 0.2) is 27.6 Å². The van der Waals surface area contributed by atoms with Gasteiger partial charge >= 0.3 is 0 Å². The van der Waals surface area contributed by atoms with Crippen molar-refractivity contribution in [3.8, 4) is 11.5 Å². The van der Waals surface area contributed by atoms with Crippen LogP contribution in [-0.2, 0) is 4.79 Å². The highest BCUT2D eigenvalue weighted by atomic mass is 32.2. The Morgan fingerprint density at radius 3 is 2.88 bits per heavy atom. The number of anilines is 1. The molecule has 1 aromatic heterocycles. The van der Waals surface area contributed by atoms with E-state index in [0.717, 1.165) is 5.56 Å². The first kappa shape index (κ1) is 19.0. The largest absolute Gasteiger partial charge is 0.493 e. The number of nitrogens with one attached hydrogen (secondary N) is 1. The van der Waals surface area contributed by atoms with E-state index in [1.807, 2.05) is 19.9 Å². The molecule has 25 heavy (non-hydrogen) atoms. The number of nitrogen functional groups attached to an aromatic ring is 1. The summed E-state index contributed by atoms with van der Waals surface area (Å²) in [4.78, 5) is 11.7. The first-order valence-corrected chi connectivity index (χ1v) is 9.16. The molecule has 0 spiro atoms. The molecule has 0 aliphatic carbocycles. The average Bonchev–Trinajstić information content (AvgIpc) is 2.99. The van der Waals surface area contributed by atoms with Gasteiger partial charge < -0.3 is 15.2 Å². The van der Waals surface area contributed by atoms with Gasteiger partial charge in [-0.3, -0.25) is 4.79 Å². The van der Waals surface area contributed by atoms with Gasteiger partial charge in [0.1, 0.15) is 0 Å². The van der Waals surface area contributed by atoms with Gasteiger partial charge in [0.05, 0.1) is 25.2 Å². The molecule has 0 saturated carbocycles. The molecule has 0 saturated heterocycles. The molecule has 0 radical (unpaired) electrons. The lowest BCUT2D eigenvalue weighted by Gasteiger charge is -2.13. The molecule has 1 amide bonds. The van der Waals surface area contributed by atoms with Gasteiger partial charge in [-0.25, -0.2) is 5.43 Å². The van der Waals surface area contributed by atoms with Gasteiger partial charge in [0, 0.05) is 0 Å². The summed E-state index contributed by atoms with van der Waals surface area (Å²) in [6, 6.07) is 5.42. The minimum Gasteiger partial charge on any atom is -0.493 e. The molecule has 2 rings (SSSR count). The van der Waals surface area contributed by atoms with E-state index >= 15 is 0 Å². The van der Waals surface area contributed by atoms with Crippen molar-refractivity contribution in [3.05, 3.63) is 23.8 Å². The second-order valence-electron chi connectivity index (χ2n) is 5.06. The molecule has 0 unspecified atom stereocenters. The van der Waals surface area contributed by atoms with E-state index in [1.165, 1.54) is 29.3 Å². The van der Waals surface area contributed by atoms with Crippen molar-refractivity contribution >= 4 is 40.4 Å². The molecule has 134 valence electrons. The van der Waals surface area contributed by atoms with Crippen molar-refractivity contribution in [2.24, 2.45) is 5.10 Å². The number of nitrogens with zero attached hydrogens (tertiary/aromatic N) is 3. The zero-order valence-corrected chi connectivity index (χ0v) is 15.7. The Hall–Kier alpha value is -2.33. The minimum absolute atomic E-state index is 0.0496. The Bertz CT molecular complexity index is 749. The van der Waals surface area contributed by atoms with Crippen LogP contribution in [0.5, 0.6) is 11.5 Å². The standard InChI is InChI=1S/C15H19N5O3S2/c1-9(2)23-11-5-4-10(6-12(11)22-3)7-17-18-13(21)8-24-15-20-19-14(16)25-15/h4-7,9H,8H2,1-3H3,(H2,16,19)(H,18,21). The smallest absolute Gasteiger partial charge is 0.250 e. The Labute approximate surface area is 153 Å². The summed E-state index contributed by atoms with van der Waals surface area (Å²) in [5.74, 6) is 1.19. The Kier molecular flexibility index (Phi) is 7.02. The summed E-state index contributed by atoms with van der Waals surface area (Å²) in [6.45, 7) is 3.89. The molecule has 1 aromatic carbocycles. The van der Waals surface area contributed by atoms with Crippen molar-refractivity contribution in [2.45, 2.75) is 24.3 Å². The zero-order valence-electron chi connectivity index (χ0n) is 14.1. The Morgan fingerprint density at radius 1 is 1.44 bits per heavy atom. The average molecular weight is 381 g/mol. The van der Waals surface area contributed by atoms with Gasteiger partial charge in [-0.15, -0.1) is 10.2 Å². The number of aromatic nitrogens is 2. The SMILES string of the molecule is COc1cc(C=NNC(=O)CSc2nnc(N)s2)ccc1OC(C)C. The molecular weight excluding hydrogens is 362 g/mol. The summed E-state index contributed by atoms with van der Waals surface area (Å²) in [5, 5.41) is 11.8.